The van der Waals surface area contributed by atoms with Crippen molar-refractivity contribution in [2.75, 3.05) is 5.75 Å². The van der Waals surface area contributed by atoms with E-state index in [0.29, 0.717) is 10.7 Å². The predicted molar refractivity (Wildman–Crippen MR) is 79.3 cm³/mol. The van der Waals surface area contributed by atoms with E-state index in [2.05, 4.69) is 21.0 Å². The van der Waals surface area contributed by atoms with Gasteiger partial charge in [0, 0.05) is 4.47 Å². The van der Waals surface area contributed by atoms with E-state index in [-0.39, 0.29) is 11.4 Å². The maximum atomic E-state index is 12.8. The number of aliphatic carboxylic acids is 1. The van der Waals surface area contributed by atoms with Gasteiger partial charge in [-0.3, -0.25) is 4.79 Å². The molecule has 1 N–H and O–H groups in total. The summed E-state index contributed by atoms with van der Waals surface area (Å²) in [4.78, 5) is 10.7. The number of halogens is 3. The third-order valence-electron chi connectivity index (χ3n) is 2.65. The molecule has 1 aromatic carbocycles. The van der Waals surface area contributed by atoms with Crippen LogP contribution in [0.2, 0.25) is 0 Å². The van der Waals surface area contributed by atoms with Gasteiger partial charge in [0.1, 0.15) is 10.7 Å². The number of alkyl halides is 2. The van der Waals surface area contributed by atoms with E-state index in [1.165, 1.54) is 10.7 Å². The first kappa shape index (κ1) is 16.0. The SMILES string of the molecule is Cc1cc(Br)ccc1-n1nc(C(F)F)cc1SCC(=O)O. The summed E-state index contributed by atoms with van der Waals surface area (Å²) in [5.41, 5.74) is 1.11. The van der Waals surface area contributed by atoms with Crippen LogP contribution < -0.4 is 0 Å². The van der Waals surface area contributed by atoms with Crippen LogP contribution in [0.15, 0.2) is 33.8 Å². The Morgan fingerprint density at radius 2 is 2.19 bits per heavy atom. The highest BCUT2D eigenvalue weighted by Crippen LogP contribution is 2.29. The van der Waals surface area contributed by atoms with E-state index in [1.807, 2.05) is 13.0 Å². The molecule has 0 saturated heterocycles. The molecule has 2 rings (SSSR count). The quantitative estimate of drug-likeness (QED) is 0.799. The molecule has 0 aliphatic carbocycles. The first-order chi connectivity index (χ1) is 9.88. The fraction of sp³-hybridized carbons (Fsp3) is 0.231. The molecule has 21 heavy (non-hydrogen) atoms. The van der Waals surface area contributed by atoms with E-state index in [4.69, 9.17) is 5.11 Å². The monoisotopic (exact) mass is 376 g/mol. The topological polar surface area (TPSA) is 55.1 Å². The van der Waals surface area contributed by atoms with Crippen molar-refractivity contribution < 1.29 is 18.7 Å². The van der Waals surface area contributed by atoms with Gasteiger partial charge in [-0.15, -0.1) is 0 Å². The summed E-state index contributed by atoms with van der Waals surface area (Å²) >= 11 is 4.29. The minimum atomic E-state index is -2.70. The molecule has 0 aliphatic heterocycles. The van der Waals surface area contributed by atoms with Crippen LogP contribution in [0.4, 0.5) is 8.78 Å². The van der Waals surface area contributed by atoms with E-state index in [0.717, 1.165) is 21.8 Å². The lowest BCUT2D eigenvalue weighted by molar-refractivity contribution is -0.133. The highest BCUT2D eigenvalue weighted by molar-refractivity contribution is 9.10. The number of benzene rings is 1. The molecule has 0 aliphatic rings. The summed E-state index contributed by atoms with van der Waals surface area (Å²) in [6.07, 6.45) is -2.70. The number of hydrogen-bond acceptors (Lipinski definition) is 3. The maximum absolute atomic E-state index is 12.8. The summed E-state index contributed by atoms with van der Waals surface area (Å²) in [7, 11) is 0. The second-order valence-electron chi connectivity index (χ2n) is 4.23. The maximum Gasteiger partial charge on any atom is 0.313 e. The van der Waals surface area contributed by atoms with Crippen LogP contribution >= 0.6 is 27.7 Å². The van der Waals surface area contributed by atoms with Gasteiger partial charge in [-0.1, -0.05) is 27.7 Å². The normalized spacial score (nSPS) is 11.1. The van der Waals surface area contributed by atoms with Crippen LogP contribution in [-0.2, 0) is 4.79 Å². The highest BCUT2D eigenvalue weighted by atomic mass is 79.9. The van der Waals surface area contributed by atoms with Gasteiger partial charge < -0.3 is 5.11 Å². The molecular weight excluding hydrogens is 366 g/mol. The van der Waals surface area contributed by atoms with Crippen LogP contribution in [-0.4, -0.2) is 26.6 Å². The molecule has 0 amide bonds. The molecule has 0 bridgehead atoms. The van der Waals surface area contributed by atoms with Gasteiger partial charge in [-0.05, 0) is 36.8 Å². The molecule has 0 fully saturated rings. The number of carboxylic acid groups (broad SMARTS) is 1. The Kier molecular flexibility index (Phi) is 5.00. The summed E-state index contributed by atoms with van der Waals surface area (Å²) < 4.78 is 27.9. The molecule has 2 aromatic rings. The summed E-state index contributed by atoms with van der Waals surface area (Å²) in [6, 6.07) is 6.58. The molecule has 0 spiro atoms. The van der Waals surface area contributed by atoms with Gasteiger partial charge in [0.05, 0.1) is 11.4 Å². The second-order valence-corrected chi connectivity index (χ2v) is 6.14. The number of rotatable bonds is 5. The Morgan fingerprint density at radius 1 is 1.48 bits per heavy atom. The Labute approximate surface area is 132 Å². The van der Waals surface area contributed by atoms with Gasteiger partial charge in [-0.25, -0.2) is 13.5 Å². The van der Waals surface area contributed by atoms with Gasteiger partial charge in [0.2, 0.25) is 0 Å². The molecule has 0 saturated carbocycles. The summed E-state index contributed by atoms with van der Waals surface area (Å²) in [5, 5.41) is 13.0. The van der Waals surface area contributed by atoms with Crippen molar-refractivity contribution in [1.82, 2.24) is 9.78 Å². The van der Waals surface area contributed by atoms with Crippen molar-refractivity contribution in [3.8, 4) is 5.69 Å². The minimum Gasteiger partial charge on any atom is -0.481 e. The van der Waals surface area contributed by atoms with Gasteiger partial charge in [0.15, 0.2) is 0 Å². The van der Waals surface area contributed by atoms with E-state index >= 15 is 0 Å². The first-order valence-corrected chi connectivity index (χ1v) is 7.65. The lowest BCUT2D eigenvalue weighted by atomic mass is 10.2. The number of nitrogens with zero attached hydrogens (tertiary/aromatic N) is 2. The molecule has 1 heterocycles. The standard InChI is InChI=1S/C13H11BrF2N2O2S/c1-7-4-8(14)2-3-10(7)18-11(21-6-12(19)20)5-9(17-18)13(15)16/h2-5,13H,6H2,1H3,(H,19,20). The molecule has 4 nitrogen and oxygen atoms in total. The lowest BCUT2D eigenvalue weighted by Crippen LogP contribution is -2.04. The molecule has 112 valence electrons. The van der Waals surface area contributed by atoms with Crippen LogP contribution in [0.1, 0.15) is 17.7 Å². The van der Waals surface area contributed by atoms with Gasteiger partial charge in [-0.2, -0.15) is 5.10 Å². The van der Waals surface area contributed by atoms with Crippen LogP contribution in [0.3, 0.4) is 0 Å². The average molecular weight is 377 g/mol. The van der Waals surface area contributed by atoms with E-state index in [1.54, 1.807) is 12.1 Å². The molecule has 0 atom stereocenters. The van der Waals surface area contributed by atoms with Crippen molar-refractivity contribution >= 4 is 33.7 Å². The van der Waals surface area contributed by atoms with E-state index in [9.17, 15) is 13.6 Å². The molecule has 0 radical (unpaired) electrons. The zero-order chi connectivity index (χ0) is 15.6. The molecule has 0 unspecified atom stereocenters. The number of carboxylic acids is 1. The fourth-order valence-electron chi connectivity index (χ4n) is 1.76. The van der Waals surface area contributed by atoms with E-state index < -0.39 is 12.4 Å². The van der Waals surface area contributed by atoms with Gasteiger partial charge in [0.25, 0.3) is 6.43 Å². The number of carbonyl (C=O) groups is 1. The number of thioether (sulfide) groups is 1. The van der Waals surface area contributed by atoms with Crippen molar-refractivity contribution in [1.29, 1.82) is 0 Å². The second kappa shape index (κ2) is 6.57. The fourth-order valence-corrected chi connectivity index (χ4v) is 2.97. The smallest absolute Gasteiger partial charge is 0.313 e. The first-order valence-electron chi connectivity index (χ1n) is 5.87. The Bertz CT molecular complexity index is 676. The summed E-state index contributed by atoms with van der Waals surface area (Å²) in [6.45, 7) is 1.83. The Balaban J connectivity index is 2.46. The molecule has 8 heteroatoms. The molecule has 1 aromatic heterocycles. The number of aryl methyl sites for hydroxylation is 1. The lowest BCUT2D eigenvalue weighted by Gasteiger charge is -2.09. The van der Waals surface area contributed by atoms with Gasteiger partial charge >= 0.3 is 5.97 Å². The number of hydrogen-bond donors (Lipinski definition) is 1. The van der Waals surface area contributed by atoms with Crippen molar-refractivity contribution in [3.63, 3.8) is 0 Å². The summed E-state index contributed by atoms with van der Waals surface area (Å²) in [5.74, 6) is -1.23. The Morgan fingerprint density at radius 3 is 2.76 bits per heavy atom. The zero-order valence-electron chi connectivity index (χ0n) is 10.9. The Hall–Kier alpha value is -1.41. The van der Waals surface area contributed by atoms with Crippen molar-refractivity contribution in [3.05, 3.63) is 40.0 Å². The van der Waals surface area contributed by atoms with Crippen molar-refractivity contribution in [2.24, 2.45) is 0 Å². The van der Waals surface area contributed by atoms with Crippen LogP contribution in [0.5, 0.6) is 0 Å². The molecular formula is C13H11BrF2N2O2S. The number of aromatic nitrogens is 2. The largest absolute Gasteiger partial charge is 0.481 e. The van der Waals surface area contributed by atoms with Crippen molar-refractivity contribution in [2.45, 2.75) is 18.4 Å². The third kappa shape index (κ3) is 3.82. The minimum absolute atomic E-state index is 0.218. The average Bonchev–Trinajstić information content (AvgIpc) is 2.80. The van der Waals surface area contributed by atoms with Crippen LogP contribution in [0.25, 0.3) is 5.69 Å². The third-order valence-corrected chi connectivity index (χ3v) is 4.12. The zero-order valence-corrected chi connectivity index (χ0v) is 13.3. The predicted octanol–water partition coefficient (Wildman–Crippen LogP) is 4.06. The van der Waals surface area contributed by atoms with Crippen LogP contribution in [0, 0.1) is 6.92 Å². The highest BCUT2D eigenvalue weighted by Gasteiger charge is 2.18.